The molecule has 138 valence electrons. The second kappa shape index (κ2) is 19.7. The third kappa shape index (κ3) is 20.7. The fraction of sp³-hybridized carbons (Fsp3) is 0.682. The Hall–Kier alpha value is -1.31. The Balaban J connectivity index is 3.27. The standard InChI is InChI=1S/C22H38O2/c1-2-3-4-5-6-7-8-9-10-11-12-13-14-15-16-17-18-19-20-21-22(23)24/h7-8,10-11,13-14H,2-6,9,12,15-21H2,1H3,(H,23,24)/b8-7-,11-10-,14-13-. The van der Waals surface area contributed by atoms with Gasteiger partial charge in [-0.2, -0.15) is 0 Å². The Labute approximate surface area is 149 Å². The van der Waals surface area contributed by atoms with Crippen molar-refractivity contribution in [3.63, 3.8) is 0 Å². The van der Waals surface area contributed by atoms with Gasteiger partial charge in [0.15, 0.2) is 0 Å². The highest BCUT2D eigenvalue weighted by molar-refractivity contribution is 5.66. The van der Waals surface area contributed by atoms with Crippen molar-refractivity contribution in [3.05, 3.63) is 36.5 Å². The van der Waals surface area contributed by atoms with Gasteiger partial charge >= 0.3 is 5.97 Å². The van der Waals surface area contributed by atoms with Crippen molar-refractivity contribution in [2.75, 3.05) is 0 Å². The minimum Gasteiger partial charge on any atom is -0.481 e. The molecule has 0 heterocycles. The summed E-state index contributed by atoms with van der Waals surface area (Å²) in [6.45, 7) is 2.25. The van der Waals surface area contributed by atoms with Crippen LogP contribution in [0.25, 0.3) is 0 Å². The highest BCUT2D eigenvalue weighted by Gasteiger charge is 1.95. The summed E-state index contributed by atoms with van der Waals surface area (Å²) in [5.41, 5.74) is 0. The Morgan fingerprint density at radius 1 is 0.667 bits per heavy atom. The second-order valence-corrected chi connectivity index (χ2v) is 6.44. The molecular formula is C22H38O2. The molecule has 24 heavy (non-hydrogen) atoms. The normalized spacial score (nSPS) is 12.0. The quantitative estimate of drug-likeness (QED) is 0.225. The van der Waals surface area contributed by atoms with E-state index >= 15 is 0 Å². The molecule has 0 aliphatic rings. The number of rotatable bonds is 17. The highest BCUT2D eigenvalue weighted by atomic mass is 16.4. The fourth-order valence-electron chi connectivity index (χ4n) is 2.54. The molecule has 0 aliphatic heterocycles. The van der Waals surface area contributed by atoms with Gasteiger partial charge < -0.3 is 5.11 Å². The molecule has 0 aromatic heterocycles. The van der Waals surface area contributed by atoms with E-state index in [0.717, 1.165) is 38.5 Å². The first kappa shape index (κ1) is 22.7. The number of carbonyl (C=O) groups is 1. The van der Waals surface area contributed by atoms with Crippen molar-refractivity contribution >= 4 is 5.97 Å². The Kier molecular flexibility index (Phi) is 18.7. The van der Waals surface area contributed by atoms with E-state index in [1.807, 2.05) is 0 Å². The van der Waals surface area contributed by atoms with Crippen LogP contribution < -0.4 is 0 Å². The number of aliphatic carboxylic acids is 1. The minimum atomic E-state index is -0.673. The molecule has 0 aromatic carbocycles. The van der Waals surface area contributed by atoms with E-state index in [-0.39, 0.29) is 0 Å². The first-order valence-electron chi connectivity index (χ1n) is 9.94. The van der Waals surface area contributed by atoms with Crippen molar-refractivity contribution in [2.24, 2.45) is 0 Å². The highest BCUT2D eigenvalue weighted by Crippen LogP contribution is 2.08. The van der Waals surface area contributed by atoms with E-state index in [0.29, 0.717) is 6.42 Å². The molecule has 0 aliphatic carbocycles. The summed E-state index contributed by atoms with van der Waals surface area (Å²) in [6, 6.07) is 0. The van der Waals surface area contributed by atoms with Gasteiger partial charge in [-0.25, -0.2) is 0 Å². The molecule has 0 fully saturated rings. The smallest absolute Gasteiger partial charge is 0.303 e. The maximum absolute atomic E-state index is 10.4. The molecule has 0 amide bonds. The SMILES string of the molecule is CCCCCC/C=C\C/C=C\C/C=C\CCCCCCCC(=O)O. The van der Waals surface area contributed by atoms with E-state index in [1.165, 1.54) is 44.9 Å². The molecule has 0 atom stereocenters. The summed E-state index contributed by atoms with van der Waals surface area (Å²) in [7, 11) is 0. The average molecular weight is 335 g/mol. The minimum absolute atomic E-state index is 0.320. The topological polar surface area (TPSA) is 37.3 Å². The first-order chi connectivity index (χ1) is 11.8. The summed E-state index contributed by atoms with van der Waals surface area (Å²) in [6.07, 6.45) is 29.2. The third-order valence-electron chi connectivity index (χ3n) is 4.03. The van der Waals surface area contributed by atoms with Crippen molar-refractivity contribution in [2.45, 2.75) is 96.8 Å². The fourth-order valence-corrected chi connectivity index (χ4v) is 2.54. The van der Waals surface area contributed by atoms with E-state index in [2.05, 4.69) is 43.4 Å². The first-order valence-corrected chi connectivity index (χ1v) is 9.94. The van der Waals surface area contributed by atoms with Crippen LogP contribution in [-0.2, 0) is 4.79 Å². The lowest BCUT2D eigenvalue weighted by Crippen LogP contribution is -1.93. The van der Waals surface area contributed by atoms with Crippen LogP contribution in [-0.4, -0.2) is 11.1 Å². The zero-order valence-electron chi connectivity index (χ0n) is 15.7. The molecular weight excluding hydrogens is 296 g/mol. The molecule has 0 saturated heterocycles. The van der Waals surface area contributed by atoms with E-state index in [1.54, 1.807) is 0 Å². The van der Waals surface area contributed by atoms with Gasteiger partial charge in [0.1, 0.15) is 0 Å². The molecule has 0 bridgehead atoms. The summed E-state index contributed by atoms with van der Waals surface area (Å²) >= 11 is 0. The predicted octanol–water partition coefficient (Wildman–Crippen LogP) is 7.22. The number of allylic oxidation sites excluding steroid dienone is 6. The van der Waals surface area contributed by atoms with Crippen LogP contribution in [0.3, 0.4) is 0 Å². The number of hydrogen-bond donors (Lipinski definition) is 1. The Morgan fingerprint density at radius 2 is 1.12 bits per heavy atom. The van der Waals surface area contributed by atoms with Crippen LogP contribution in [0.15, 0.2) is 36.5 Å². The van der Waals surface area contributed by atoms with Gasteiger partial charge in [0.25, 0.3) is 0 Å². The second-order valence-electron chi connectivity index (χ2n) is 6.44. The molecule has 2 nitrogen and oxygen atoms in total. The van der Waals surface area contributed by atoms with Crippen LogP contribution in [0.1, 0.15) is 96.8 Å². The van der Waals surface area contributed by atoms with Gasteiger partial charge in [0.2, 0.25) is 0 Å². The van der Waals surface area contributed by atoms with Crippen molar-refractivity contribution in [1.82, 2.24) is 0 Å². The van der Waals surface area contributed by atoms with Crippen LogP contribution in [0, 0.1) is 0 Å². The van der Waals surface area contributed by atoms with E-state index in [9.17, 15) is 4.79 Å². The summed E-state index contributed by atoms with van der Waals surface area (Å²) in [5, 5.41) is 8.54. The van der Waals surface area contributed by atoms with Gasteiger partial charge in [-0.05, 0) is 44.9 Å². The number of carboxylic acid groups (broad SMARTS) is 1. The molecule has 0 radical (unpaired) electrons. The summed E-state index contributed by atoms with van der Waals surface area (Å²) in [5.74, 6) is -0.673. The zero-order chi connectivity index (χ0) is 17.7. The molecule has 0 rings (SSSR count). The van der Waals surface area contributed by atoms with E-state index in [4.69, 9.17) is 5.11 Å². The predicted molar refractivity (Wildman–Crippen MR) is 105 cm³/mol. The lowest BCUT2D eigenvalue weighted by atomic mass is 10.1. The maximum Gasteiger partial charge on any atom is 0.303 e. The van der Waals surface area contributed by atoms with Crippen LogP contribution in [0.5, 0.6) is 0 Å². The molecule has 0 unspecified atom stereocenters. The molecule has 1 N–H and O–H groups in total. The maximum atomic E-state index is 10.4. The Bertz CT molecular complexity index is 353. The van der Waals surface area contributed by atoms with Crippen molar-refractivity contribution in [3.8, 4) is 0 Å². The molecule has 2 heteroatoms. The lowest BCUT2D eigenvalue weighted by Gasteiger charge is -1.98. The van der Waals surface area contributed by atoms with Crippen molar-refractivity contribution in [1.29, 1.82) is 0 Å². The number of hydrogen-bond acceptors (Lipinski definition) is 1. The molecule has 0 saturated carbocycles. The Morgan fingerprint density at radius 3 is 1.67 bits per heavy atom. The van der Waals surface area contributed by atoms with Gasteiger partial charge in [-0.3, -0.25) is 4.79 Å². The van der Waals surface area contributed by atoms with Crippen LogP contribution in [0.2, 0.25) is 0 Å². The van der Waals surface area contributed by atoms with Crippen LogP contribution in [0.4, 0.5) is 0 Å². The van der Waals surface area contributed by atoms with E-state index < -0.39 is 5.97 Å². The average Bonchev–Trinajstić information content (AvgIpc) is 2.56. The zero-order valence-corrected chi connectivity index (χ0v) is 15.7. The van der Waals surface area contributed by atoms with Gasteiger partial charge in [-0.15, -0.1) is 0 Å². The lowest BCUT2D eigenvalue weighted by molar-refractivity contribution is -0.137. The summed E-state index contributed by atoms with van der Waals surface area (Å²) in [4.78, 5) is 10.4. The van der Waals surface area contributed by atoms with Crippen LogP contribution >= 0.6 is 0 Å². The largest absolute Gasteiger partial charge is 0.481 e. The van der Waals surface area contributed by atoms with Gasteiger partial charge in [-0.1, -0.05) is 81.9 Å². The van der Waals surface area contributed by atoms with Crippen molar-refractivity contribution < 1.29 is 9.90 Å². The molecule has 0 aromatic rings. The van der Waals surface area contributed by atoms with Gasteiger partial charge in [0, 0.05) is 6.42 Å². The molecule has 0 spiro atoms. The number of unbranched alkanes of at least 4 members (excludes halogenated alkanes) is 9. The van der Waals surface area contributed by atoms with Gasteiger partial charge in [0.05, 0.1) is 0 Å². The third-order valence-corrected chi connectivity index (χ3v) is 4.03. The monoisotopic (exact) mass is 334 g/mol. The summed E-state index contributed by atoms with van der Waals surface area (Å²) < 4.78 is 0. The number of carboxylic acids is 1.